The molecule has 3 aliphatic heterocycles. The summed E-state index contributed by atoms with van der Waals surface area (Å²) in [6.45, 7) is 6.35. The van der Waals surface area contributed by atoms with Crippen molar-refractivity contribution in [2.24, 2.45) is 0 Å². The number of hydrogen-bond donors (Lipinski definition) is 0. The lowest BCUT2D eigenvalue weighted by Gasteiger charge is -2.21. The molecule has 0 aromatic rings. The van der Waals surface area contributed by atoms with Crippen molar-refractivity contribution in [1.29, 1.82) is 0 Å². The summed E-state index contributed by atoms with van der Waals surface area (Å²) in [5.41, 5.74) is 0. The number of likely N-dealkylation sites (tertiary alicyclic amines) is 2. The van der Waals surface area contributed by atoms with Gasteiger partial charge in [-0.15, -0.1) is 0 Å². The average molecular weight is 392 g/mol. The molecule has 26 heavy (non-hydrogen) atoms. The normalized spacial score (nSPS) is 22.0. The van der Waals surface area contributed by atoms with Crippen LogP contribution in [0.2, 0.25) is 0 Å². The Bertz CT molecular complexity index is 547. The fourth-order valence-electron chi connectivity index (χ4n) is 2.28. The summed E-state index contributed by atoms with van der Waals surface area (Å²) in [5, 5.41) is 0. The summed E-state index contributed by atoms with van der Waals surface area (Å²) in [5.74, 6) is 0.845. The highest BCUT2D eigenvalue weighted by Crippen LogP contribution is 2.07. The number of hydrogen-bond acceptors (Lipinski definition) is 6. The minimum atomic E-state index is -2.66. The fourth-order valence-corrected chi connectivity index (χ4v) is 3.66. The highest BCUT2D eigenvalue weighted by Gasteiger charge is 2.24. The molecular formula is C17H33N3O5S. The molecule has 152 valence electrons. The molecule has 3 amide bonds. The summed E-state index contributed by atoms with van der Waals surface area (Å²) in [4.78, 5) is 36.4. The molecule has 3 rings (SSSR count). The van der Waals surface area contributed by atoms with E-state index in [1.54, 1.807) is 4.90 Å². The van der Waals surface area contributed by atoms with Gasteiger partial charge in [0, 0.05) is 53.0 Å². The first kappa shape index (κ1) is 24.5. The first-order chi connectivity index (χ1) is 12.1. The monoisotopic (exact) mass is 391 g/mol. The molecular weight excluding hydrogens is 358 g/mol. The first-order valence-corrected chi connectivity index (χ1v) is 10.9. The standard InChI is InChI=1S/C5H11NO2S.C5H7NO2.C5H9NO.C2H6/c1-6-2-4-9(7,8)5-3-6;1-6-4(7)2-3-5(6)8;1-6-4-2-3-5(6)7;1-2/h2-5H2,1H3;2-3H2,1H3;2-4H2,1H3;1-2H3. The lowest BCUT2D eigenvalue weighted by molar-refractivity contribution is -0.136. The summed E-state index contributed by atoms with van der Waals surface area (Å²) < 4.78 is 21.5. The Balaban J connectivity index is 0.000000346. The van der Waals surface area contributed by atoms with E-state index in [0.717, 1.165) is 19.4 Å². The molecule has 0 unspecified atom stereocenters. The van der Waals surface area contributed by atoms with E-state index < -0.39 is 9.84 Å². The molecule has 0 aliphatic carbocycles. The van der Waals surface area contributed by atoms with Crippen LogP contribution in [0.15, 0.2) is 0 Å². The van der Waals surface area contributed by atoms with Gasteiger partial charge in [0.2, 0.25) is 17.7 Å². The minimum absolute atomic E-state index is 0.0602. The van der Waals surface area contributed by atoms with Crippen LogP contribution in [-0.2, 0) is 24.2 Å². The van der Waals surface area contributed by atoms with E-state index in [1.807, 2.05) is 32.8 Å². The number of amides is 3. The number of carbonyl (C=O) groups is 3. The largest absolute Gasteiger partial charge is 0.346 e. The van der Waals surface area contributed by atoms with Crippen LogP contribution < -0.4 is 0 Å². The number of imide groups is 1. The van der Waals surface area contributed by atoms with E-state index in [4.69, 9.17) is 0 Å². The Morgan fingerprint density at radius 2 is 1.19 bits per heavy atom. The number of carbonyl (C=O) groups excluding carboxylic acids is 3. The Kier molecular flexibility index (Phi) is 11.3. The van der Waals surface area contributed by atoms with E-state index in [-0.39, 0.29) is 11.8 Å². The Labute approximate surface area is 157 Å². The highest BCUT2D eigenvalue weighted by molar-refractivity contribution is 7.91. The van der Waals surface area contributed by atoms with Gasteiger partial charge >= 0.3 is 0 Å². The van der Waals surface area contributed by atoms with Crippen LogP contribution in [0.4, 0.5) is 0 Å². The fraction of sp³-hybridized carbons (Fsp3) is 0.824. The molecule has 3 aliphatic rings. The SMILES string of the molecule is CC.CN1C(=O)CCC1=O.CN1CCCC1=O.CN1CCS(=O)(=O)CC1. The molecule has 3 heterocycles. The second-order valence-corrected chi connectivity index (χ2v) is 8.52. The molecule has 9 heteroatoms. The Morgan fingerprint density at radius 1 is 0.731 bits per heavy atom. The maximum atomic E-state index is 10.8. The first-order valence-electron chi connectivity index (χ1n) is 9.04. The van der Waals surface area contributed by atoms with Crippen molar-refractivity contribution in [3.63, 3.8) is 0 Å². The summed E-state index contributed by atoms with van der Waals surface area (Å²) in [6, 6.07) is 0. The molecule has 3 saturated heterocycles. The molecule has 0 aromatic carbocycles. The second kappa shape index (κ2) is 12.0. The number of sulfone groups is 1. The van der Waals surface area contributed by atoms with Gasteiger partial charge in [-0.1, -0.05) is 13.8 Å². The Hall–Kier alpha value is -1.48. The van der Waals surface area contributed by atoms with E-state index in [9.17, 15) is 22.8 Å². The molecule has 0 spiro atoms. The minimum Gasteiger partial charge on any atom is -0.346 e. The van der Waals surface area contributed by atoms with Crippen molar-refractivity contribution in [3.8, 4) is 0 Å². The molecule has 0 aromatic heterocycles. The van der Waals surface area contributed by atoms with E-state index in [1.165, 1.54) is 11.9 Å². The lowest BCUT2D eigenvalue weighted by Crippen LogP contribution is -2.37. The van der Waals surface area contributed by atoms with Crippen LogP contribution in [0.5, 0.6) is 0 Å². The quantitative estimate of drug-likeness (QED) is 0.554. The van der Waals surface area contributed by atoms with Gasteiger partial charge in [-0.05, 0) is 13.5 Å². The van der Waals surface area contributed by atoms with Gasteiger partial charge in [0.1, 0.15) is 0 Å². The topological polar surface area (TPSA) is 95.1 Å². The third-order valence-electron chi connectivity index (χ3n) is 4.18. The van der Waals surface area contributed by atoms with E-state index in [2.05, 4.69) is 0 Å². The van der Waals surface area contributed by atoms with E-state index >= 15 is 0 Å². The van der Waals surface area contributed by atoms with Crippen LogP contribution in [-0.4, -0.2) is 93.1 Å². The van der Waals surface area contributed by atoms with Gasteiger partial charge in [0.15, 0.2) is 9.84 Å². The van der Waals surface area contributed by atoms with Crippen LogP contribution in [0.1, 0.15) is 39.5 Å². The zero-order valence-electron chi connectivity index (χ0n) is 16.7. The maximum absolute atomic E-state index is 10.8. The van der Waals surface area contributed by atoms with Gasteiger partial charge in [-0.2, -0.15) is 0 Å². The van der Waals surface area contributed by atoms with Crippen molar-refractivity contribution in [1.82, 2.24) is 14.7 Å². The number of rotatable bonds is 0. The van der Waals surface area contributed by atoms with Crippen molar-refractivity contribution in [2.75, 3.05) is 52.3 Å². The highest BCUT2D eigenvalue weighted by atomic mass is 32.2. The molecule has 8 nitrogen and oxygen atoms in total. The van der Waals surface area contributed by atoms with Gasteiger partial charge in [-0.25, -0.2) is 8.42 Å². The van der Waals surface area contributed by atoms with Gasteiger partial charge < -0.3 is 9.80 Å². The smallest absolute Gasteiger partial charge is 0.229 e. The van der Waals surface area contributed by atoms with E-state index in [0.29, 0.717) is 43.3 Å². The van der Waals surface area contributed by atoms with Crippen LogP contribution >= 0.6 is 0 Å². The van der Waals surface area contributed by atoms with Crippen molar-refractivity contribution >= 4 is 27.6 Å². The maximum Gasteiger partial charge on any atom is 0.229 e. The number of nitrogens with zero attached hydrogens (tertiary/aromatic N) is 3. The molecule has 0 N–H and O–H groups in total. The third kappa shape index (κ3) is 9.28. The molecule has 0 atom stereocenters. The molecule has 3 fully saturated rings. The van der Waals surface area contributed by atoms with Crippen molar-refractivity contribution in [3.05, 3.63) is 0 Å². The summed E-state index contributed by atoms with van der Waals surface area (Å²) in [7, 11) is 2.64. The van der Waals surface area contributed by atoms with Gasteiger partial charge in [0.05, 0.1) is 11.5 Å². The summed E-state index contributed by atoms with van der Waals surface area (Å²) >= 11 is 0. The van der Waals surface area contributed by atoms with Crippen LogP contribution in [0.3, 0.4) is 0 Å². The Morgan fingerprint density at radius 3 is 1.38 bits per heavy atom. The van der Waals surface area contributed by atoms with Gasteiger partial charge in [0.25, 0.3) is 0 Å². The lowest BCUT2D eigenvalue weighted by atomic mass is 10.4. The van der Waals surface area contributed by atoms with Gasteiger partial charge in [-0.3, -0.25) is 19.3 Å². The molecule has 0 saturated carbocycles. The average Bonchev–Trinajstić information content (AvgIpc) is 3.13. The van der Waals surface area contributed by atoms with Crippen LogP contribution in [0, 0.1) is 0 Å². The second-order valence-electron chi connectivity index (χ2n) is 6.22. The summed E-state index contributed by atoms with van der Waals surface area (Å²) in [6.07, 6.45) is 2.61. The predicted molar refractivity (Wildman–Crippen MR) is 101 cm³/mol. The molecule has 0 radical (unpaired) electrons. The van der Waals surface area contributed by atoms with Crippen molar-refractivity contribution < 1.29 is 22.8 Å². The van der Waals surface area contributed by atoms with Crippen molar-refractivity contribution in [2.45, 2.75) is 39.5 Å². The zero-order valence-corrected chi connectivity index (χ0v) is 17.5. The third-order valence-corrected chi connectivity index (χ3v) is 5.79. The zero-order chi connectivity index (χ0) is 20.3. The molecule has 0 bridgehead atoms. The predicted octanol–water partition coefficient (Wildman–Crippen LogP) is 0.377. The van der Waals surface area contributed by atoms with Crippen LogP contribution in [0.25, 0.3) is 0 Å².